The fourth-order valence-corrected chi connectivity index (χ4v) is 6.10. The van der Waals surface area contributed by atoms with Crippen molar-refractivity contribution in [3.8, 4) is 22.3 Å². The Bertz CT molecular complexity index is 1760. The van der Waals surface area contributed by atoms with Crippen LogP contribution in [0.15, 0.2) is 120 Å². The quantitative estimate of drug-likeness (QED) is 0.138. The van der Waals surface area contributed by atoms with E-state index in [-0.39, 0.29) is 24.8 Å². The molecule has 0 nitrogen and oxygen atoms in total. The van der Waals surface area contributed by atoms with Crippen molar-refractivity contribution in [2.24, 2.45) is 22.7 Å². The van der Waals surface area contributed by atoms with Crippen molar-refractivity contribution in [3.63, 3.8) is 0 Å². The van der Waals surface area contributed by atoms with Crippen molar-refractivity contribution in [3.05, 3.63) is 167 Å². The van der Waals surface area contributed by atoms with Gasteiger partial charge in [-0.15, -0.1) is 11.1 Å². The second-order valence-corrected chi connectivity index (χ2v) is 21.7. The molecule has 0 radical (unpaired) electrons. The van der Waals surface area contributed by atoms with Crippen LogP contribution in [0.1, 0.15) is 105 Å². The fourth-order valence-electron chi connectivity index (χ4n) is 6.10. The molecule has 2 atom stereocenters. The number of hydrogen-bond acceptors (Lipinski definition) is 0. The third-order valence-corrected chi connectivity index (χ3v) is 8.83. The number of allylic oxidation sites excluding steroid dienone is 8. The first kappa shape index (κ1) is 51.9. The van der Waals surface area contributed by atoms with Crippen LogP contribution in [0.5, 0.6) is 0 Å². The third kappa shape index (κ3) is 17.4. The Kier molecular flexibility index (Phi) is 23.0. The van der Waals surface area contributed by atoms with Gasteiger partial charge in [0.15, 0.2) is 0 Å². The summed E-state index contributed by atoms with van der Waals surface area (Å²) < 4.78 is 3.01. The molecule has 4 aliphatic rings. The second-order valence-electron chi connectivity index (χ2n) is 16.7. The second kappa shape index (κ2) is 24.8. The molecular formula is C52H60Cl2Zr2-2. The average Bonchev–Trinajstić information content (AvgIpc) is 3.89. The maximum absolute atomic E-state index is 3.30. The van der Waals surface area contributed by atoms with E-state index in [2.05, 4.69) is 204 Å². The first-order valence-corrected chi connectivity index (χ1v) is 21.6. The van der Waals surface area contributed by atoms with Crippen molar-refractivity contribution in [1.29, 1.82) is 0 Å². The van der Waals surface area contributed by atoms with Crippen LogP contribution in [0.25, 0.3) is 22.3 Å². The van der Waals surface area contributed by atoms with Crippen LogP contribution in [-0.4, -0.2) is 6.41 Å². The van der Waals surface area contributed by atoms with E-state index in [1.54, 1.807) is 48.5 Å². The minimum absolute atomic E-state index is 0. The smallest absolute Gasteiger partial charge is 0.0253 e. The molecule has 0 spiro atoms. The van der Waals surface area contributed by atoms with Gasteiger partial charge in [0, 0.05) is 0 Å². The van der Waals surface area contributed by atoms with Gasteiger partial charge in [0.05, 0.1) is 0 Å². The molecule has 4 heteroatoms. The van der Waals surface area contributed by atoms with Gasteiger partial charge in [-0.2, -0.15) is 83.0 Å². The maximum atomic E-state index is 3.30. The van der Waals surface area contributed by atoms with Crippen molar-refractivity contribution >= 4 is 6.41 Å². The molecule has 0 fully saturated rings. The van der Waals surface area contributed by atoms with Gasteiger partial charge in [-0.1, -0.05) is 149 Å². The Balaban J connectivity index is 0.000000349. The molecule has 0 saturated carbocycles. The van der Waals surface area contributed by atoms with E-state index in [1.807, 2.05) is 12.1 Å². The van der Waals surface area contributed by atoms with Crippen LogP contribution in [0.2, 0.25) is 0 Å². The molecule has 292 valence electrons. The Morgan fingerprint density at radius 2 is 0.821 bits per heavy atom. The Morgan fingerprint density at radius 1 is 0.518 bits per heavy atom. The summed E-state index contributed by atoms with van der Waals surface area (Å²) in [7, 11) is 0. The molecule has 0 aromatic heterocycles. The molecule has 0 heterocycles. The van der Waals surface area contributed by atoms with Gasteiger partial charge in [0.2, 0.25) is 0 Å². The maximum Gasteiger partial charge on any atom is -0.0253 e. The van der Waals surface area contributed by atoms with E-state index in [4.69, 9.17) is 0 Å². The van der Waals surface area contributed by atoms with Gasteiger partial charge in [-0.3, -0.25) is 12.2 Å². The van der Waals surface area contributed by atoms with E-state index >= 15 is 0 Å². The Hall–Kier alpha value is -2.07. The van der Waals surface area contributed by atoms with Crippen molar-refractivity contribution in [2.45, 2.75) is 95.9 Å². The zero-order valence-corrected chi connectivity index (χ0v) is 42.1. The molecule has 56 heavy (non-hydrogen) atoms. The van der Waals surface area contributed by atoms with Gasteiger partial charge >= 0.3 is 82.6 Å². The van der Waals surface area contributed by atoms with Crippen LogP contribution in [0.3, 0.4) is 0 Å². The molecule has 8 rings (SSSR count). The van der Waals surface area contributed by atoms with Crippen LogP contribution in [0, 0.1) is 47.0 Å². The molecule has 2 unspecified atom stereocenters. The number of benzene rings is 4. The van der Waals surface area contributed by atoms with E-state index in [1.165, 1.54) is 62.1 Å². The summed E-state index contributed by atoms with van der Waals surface area (Å²) in [5, 5.41) is 0. The largest absolute Gasteiger partial charge is 1.00 e. The first-order valence-electron chi connectivity index (χ1n) is 19.2. The molecule has 4 aromatic rings. The topological polar surface area (TPSA) is 0 Å². The normalized spacial score (nSPS) is 15.7. The van der Waals surface area contributed by atoms with Crippen LogP contribution >= 0.6 is 0 Å². The number of hydrogen-bond donors (Lipinski definition) is 0. The zero-order chi connectivity index (χ0) is 40.1. The van der Waals surface area contributed by atoms with E-state index in [0.717, 1.165) is 12.8 Å². The average molecular weight is 938 g/mol. The summed E-state index contributed by atoms with van der Waals surface area (Å²) in [6.45, 7) is 26.2. The van der Waals surface area contributed by atoms with E-state index < -0.39 is 0 Å². The summed E-state index contributed by atoms with van der Waals surface area (Å²) in [6, 6.07) is 36.2. The van der Waals surface area contributed by atoms with E-state index in [0.29, 0.717) is 22.7 Å². The zero-order valence-electron chi connectivity index (χ0n) is 35.7. The monoisotopic (exact) mass is 934 g/mol. The molecule has 0 N–H and O–H groups in total. The minimum atomic E-state index is 0. The summed E-state index contributed by atoms with van der Waals surface area (Å²) in [6.07, 6.45) is 17.4. The van der Waals surface area contributed by atoms with E-state index in [9.17, 15) is 0 Å². The molecule has 0 bridgehead atoms. The summed E-state index contributed by atoms with van der Waals surface area (Å²) in [4.78, 5) is 0. The number of fused-ring (bicyclic) bond motifs is 6. The fraction of sp³-hybridized carbons (Fsp3) is 0.346. The Morgan fingerprint density at radius 3 is 1.09 bits per heavy atom. The van der Waals surface area contributed by atoms with Gasteiger partial charge in [-0.25, -0.2) is 12.2 Å². The number of rotatable bonds is 0. The van der Waals surface area contributed by atoms with Gasteiger partial charge in [0.25, 0.3) is 0 Å². The van der Waals surface area contributed by atoms with Gasteiger partial charge in [-0.05, 0) is 12.8 Å². The molecule has 4 aromatic carbocycles. The summed E-state index contributed by atoms with van der Waals surface area (Å²) in [5.41, 5.74) is 14.5. The van der Waals surface area contributed by atoms with Gasteiger partial charge < -0.3 is 24.8 Å². The molecule has 0 aliphatic heterocycles. The molecule has 0 saturated heterocycles. The van der Waals surface area contributed by atoms with Crippen LogP contribution in [0.4, 0.5) is 0 Å². The number of halogens is 2. The molecular weight excluding hydrogens is 878 g/mol. The molecule has 0 amide bonds. The van der Waals surface area contributed by atoms with Gasteiger partial charge in [0.1, 0.15) is 0 Å². The van der Waals surface area contributed by atoms with Crippen molar-refractivity contribution in [2.75, 3.05) is 0 Å². The summed E-state index contributed by atoms with van der Waals surface area (Å²) >= 11 is 3.11. The predicted molar refractivity (Wildman–Crippen MR) is 229 cm³/mol. The SMILES string of the molecule is CC1[C-]=CC(C(C)(C)C)=C1.CC1[C-]=CC(C(C)(C)C)=C1.C[C](C)=[Zr+2].C[C](C)=[Zr+2].[Cl-].[Cl-].[c-]1cccc2c1Cc1ccccc1-2.[c-]1cccc2c1Cc1ccccc1-2. The van der Waals surface area contributed by atoms with Crippen molar-refractivity contribution < 1.29 is 73.3 Å². The third-order valence-electron chi connectivity index (χ3n) is 8.83. The standard InChI is InChI=1S/2C13H9.2C10H15.2C3H6.2ClH.2Zr/c2*1-3-7-12-10(5-1)9-11-6-2-4-8-13(11)12;2*1-8-5-6-9(7-8)10(2,3)4;2*1-3-2;;;;/h2*1-5,7-8H,9H2;2*6-8H,1-4H3;2*1-2H3;2*1H;;/q4*-1;;;;;2*+2/p-2. The van der Waals surface area contributed by atoms with Crippen LogP contribution < -0.4 is 24.8 Å². The minimum Gasteiger partial charge on any atom is -1.00 e. The first-order chi connectivity index (χ1) is 25.4. The molecule has 4 aliphatic carbocycles. The van der Waals surface area contributed by atoms with Crippen molar-refractivity contribution in [1.82, 2.24) is 0 Å². The summed E-state index contributed by atoms with van der Waals surface area (Å²) in [5.74, 6) is 1.04. The predicted octanol–water partition coefficient (Wildman–Crippen LogP) is 7.55. The Labute approximate surface area is 384 Å². The van der Waals surface area contributed by atoms with Crippen LogP contribution in [-0.2, 0) is 61.3 Å².